The molecule has 0 bridgehead atoms. The highest BCUT2D eigenvalue weighted by Crippen LogP contribution is 2.21. The molecule has 0 radical (unpaired) electrons. The van der Waals surface area contributed by atoms with E-state index < -0.39 is 0 Å². The van der Waals surface area contributed by atoms with Crippen LogP contribution in [-0.2, 0) is 13.7 Å². The molecule has 0 saturated carbocycles. The fourth-order valence-corrected chi connectivity index (χ4v) is 1.62. The first kappa shape index (κ1) is 10.1. The number of nitriles is 1. The van der Waals surface area contributed by atoms with E-state index in [1.165, 1.54) is 11.8 Å². The molecule has 4 nitrogen and oxygen atoms in total. The minimum atomic E-state index is -0.118. The van der Waals surface area contributed by atoms with Crippen molar-refractivity contribution < 1.29 is 5.11 Å². The maximum atomic E-state index is 8.89. The van der Waals surface area contributed by atoms with E-state index in [4.69, 9.17) is 10.4 Å². The smallest absolute Gasteiger partial charge is 0.169 e. The molecule has 5 heteroatoms. The predicted octanol–water partition coefficient (Wildman–Crippen LogP) is 0.917. The molecule has 1 aromatic heterocycles. The van der Waals surface area contributed by atoms with Gasteiger partial charge in [0.2, 0.25) is 0 Å². The van der Waals surface area contributed by atoms with Crippen LogP contribution < -0.4 is 0 Å². The molecule has 0 aliphatic rings. The molecular formula is C8H11N3OS. The first-order chi connectivity index (χ1) is 6.19. The summed E-state index contributed by atoms with van der Waals surface area (Å²) in [5, 5.41) is 18.1. The normalized spacial score (nSPS) is 12.5. The number of imidazole rings is 1. The van der Waals surface area contributed by atoms with E-state index in [9.17, 15) is 0 Å². The van der Waals surface area contributed by atoms with Crippen molar-refractivity contribution in [1.29, 1.82) is 5.26 Å². The minimum absolute atomic E-state index is 0.0228. The fourth-order valence-electron chi connectivity index (χ4n) is 0.867. The zero-order valence-corrected chi connectivity index (χ0v) is 8.38. The lowest BCUT2D eigenvalue weighted by molar-refractivity contribution is 0.271. The van der Waals surface area contributed by atoms with Crippen molar-refractivity contribution in [2.75, 3.05) is 0 Å². The highest BCUT2D eigenvalue weighted by Gasteiger charge is 2.09. The molecule has 0 spiro atoms. The van der Waals surface area contributed by atoms with Gasteiger partial charge in [0.05, 0.1) is 29.8 Å². The minimum Gasteiger partial charge on any atom is -0.390 e. The van der Waals surface area contributed by atoms with Crippen molar-refractivity contribution in [2.24, 2.45) is 7.05 Å². The lowest BCUT2D eigenvalue weighted by Crippen LogP contribution is -2.00. The summed E-state index contributed by atoms with van der Waals surface area (Å²) < 4.78 is 1.79. The van der Waals surface area contributed by atoms with Crippen LogP contribution in [0.4, 0.5) is 0 Å². The number of hydrogen-bond donors (Lipinski definition) is 1. The number of rotatable bonds is 3. The molecule has 1 aromatic rings. The summed E-state index contributed by atoms with van der Waals surface area (Å²) in [5.41, 5.74) is 0.757. The van der Waals surface area contributed by atoms with Crippen molar-refractivity contribution in [3.63, 3.8) is 0 Å². The molecule has 0 saturated heterocycles. The summed E-state index contributed by atoms with van der Waals surface area (Å²) in [6, 6.07) is 2.12. The van der Waals surface area contributed by atoms with Crippen molar-refractivity contribution in [2.45, 2.75) is 23.9 Å². The summed E-state index contributed by atoms with van der Waals surface area (Å²) in [5.74, 6) is 0. The zero-order valence-electron chi connectivity index (χ0n) is 7.56. The Kier molecular flexibility index (Phi) is 3.34. The third-order valence-corrected chi connectivity index (χ3v) is 2.72. The quantitative estimate of drug-likeness (QED) is 0.732. The lowest BCUT2D eigenvalue weighted by atomic mass is 10.5. The van der Waals surface area contributed by atoms with Crippen molar-refractivity contribution in [3.8, 4) is 6.07 Å². The maximum Gasteiger partial charge on any atom is 0.169 e. The average molecular weight is 197 g/mol. The Morgan fingerprint density at radius 2 is 2.54 bits per heavy atom. The number of aromatic nitrogens is 2. The highest BCUT2D eigenvalue weighted by atomic mass is 32.2. The van der Waals surface area contributed by atoms with E-state index in [-0.39, 0.29) is 11.9 Å². The molecule has 1 rings (SSSR count). The van der Waals surface area contributed by atoms with Crippen LogP contribution in [0.1, 0.15) is 12.6 Å². The lowest BCUT2D eigenvalue weighted by Gasteiger charge is -2.03. The second-order valence-electron chi connectivity index (χ2n) is 2.64. The first-order valence-corrected chi connectivity index (χ1v) is 4.74. The van der Waals surface area contributed by atoms with Crippen molar-refractivity contribution >= 4 is 11.8 Å². The standard InChI is InChI=1S/C8H11N3OS/c1-6(3-9)13-8-10-4-7(5-12)11(8)2/h4,6,12H,5H2,1-2H3. The number of aliphatic hydroxyl groups is 1. The third kappa shape index (κ3) is 2.23. The van der Waals surface area contributed by atoms with Gasteiger partial charge in [-0.05, 0) is 6.92 Å². The summed E-state index contributed by atoms with van der Waals surface area (Å²) in [7, 11) is 1.82. The largest absolute Gasteiger partial charge is 0.390 e. The average Bonchev–Trinajstić information content (AvgIpc) is 2.48. The van der Waals surface area contributed by atoms with E-state index in [2.05, 4.69) is 11.1 Å². The Balaban J connectivity index is 2.79. The van der Waals surface area contributed by atoms with Crippen LogP contribution in [0.3, 0.4) is 0 Å². The first-order valence-electron chi connectivity index (χ1n) is 3.86. The number of nitrogens with zero attached hydrogens (tertiary/aromatic N) is 3. The third-order valence-electron chi connectivity index (χ3n) is 1.67. The second kappa shape index (κ2) is 4.30. The highest BCUT2D eigenvalue weighted by molar-refractivity contribution is 8.00. The van der Waals surface area contributed by atoms with Gasteiger partial charge in [0, 0.05) is 7.05 Å². The Hall–Kier alpha value is -0.990. The van der Waals surface area contributed by atoms with Gasteiger partial charge in [-0.1, -0.05) is 11.8 Å². The molecular weight excluding hydrogens is 186 g/mol. The Labute approximate surface area is 81.2 Å². The van der Waals surface area contributed by atoms with E-state index in [0.29, 0.717) is 0 Å². The van der Waals surface area contributed by atoms with Crippen LogP contribution >= 0.6 is 11.8 Å². The van der Waals surface area contributed by atoms with Gasteiger partial charge in [-0.25, -0.2) is 4.98 Å². The van der Waals surface area contributed by atoms with Crippen LogP contribution in [0, 0.1) is 11.3 Å². The van der Waals surface area contributed by atoms with Crippen LogP contribution in [-0.4, -0.2) is 19.9 Å². The summed E-state index contributed by atoms with van der Waals surface area (Å²) >= 11 is 1.39. The summed E-state index contributed by atoms with van der Waals surface area (Å²) in [4.78, 5) is 4.09. The molecule has 1 unspecified atom stereocenters. The van der Waals surface area contributed by atoms with Gasteiger partial charge < -0.3 is 9.67 Å². The molecule has 1 heterocycles. The van der Waals surface area contributed by atoms with E-state index >= 15 is 0 Å². The van der Waals surface area contributed by atoms with Gasteiger partial charge in [-0.15, -0.1) is 0 Å². The SMILES string of the molecule is CC(C#N)Sc1ncc(CO)n1C. The Morgan fingerprint density at radius 1 is 1.85 bits per heavy atom. The van der Waals surface area contributed by atoms with Crippen molar-refractivity contribution in [1.82, 2.24) is 9.55 Å². The number of aliphatic hydroxyl groups excluding tert-OH is 1. The van der Waals surface area contributed by atoms with Crippen LogP contribution in [0.5, 0.6) is 0 Å². The zero-order chi connectivity index (χ0) is 9.84. The van der Waals surface area contributed by atoms with Crippen LogP contribution in [0.25, 0.3) is 0 Å². The monoisotopic (exact) mass is 197 g/mol. The van der Waals surface area contributed by atoms with E-state index in [1.807, 2.05) is 14.0 Å². The summed E-state index contributed by atoms with van der Waals surface area (Å²) in [6.07, 6.45) is 1.62. The number of thioether (sulfide) groups is 1. The van der Waals surface area contributed by atoms with Gasteiger partial charge >= 0.3 is 0 Å². The molecule has 0 aliphatic carbocycles. The van der Waals surface area contributed by atoms with Crippen molar-refractivity contribution in [3.05, 3.63) is 11.9 Å². The van der Waals surface area contributed by atoms with Gasteiger partial charge in [0.25, 0.3) is 0 Å². The number of hydrogen-bond acceptors (Lipinski definition) is 4. The molecule has 1 N–H and O–H groups in total. The second-order valence-corrected chi connectivity index (χ2v) is 3.95. The van der Waals surface area contributed by atoms with Gasteiger partial charge in [-0.2, -0.15) is 5.26 Å². The summed E-state index contributed by atoms with van der Waals surface area (Å²) in [6.45, 7) is 1.79. The maximum absolute atomic E-state index is 8.89. The molecule has 0 aliphatic heterocycles. The fraction of sp³-hybridized carbons (Fsp3) is 0.500. The van der Waals surface area contributed by atoms with Crippen LogP contribution in [0.2, 0.25) is 0 Å². The molecule has 1 atom stereocenters. The van der Waals surface area contributed by atoms with Gasteiger partial charge in [-0.3, -0.25) is 0 Å². The molecule has 0 aromatic carbocycles. The Bertz CT molecular complexity index is 329. The molecule has 0 amide bonds. The van der Waals surface area contributed by atoms with Crippen LogP contribution in [0.15, 0.2) is 11.4 Å². The molecule has 13 heavy (non-hydrogen) atoms. The van der Waals surface area contributed by atoms with Gasteiger partial charge in [0.1, 0.15) is 0 Å². The Morgan fingerprint density at radius 3 is 3.00 bits per heavy atom. The van der Waals surface area contributed by atoms with Gasteiger partial charge in [0.15, 0.2) is 5.16 Å². The molecule has 0 fully saturated rings. The van der Waals surface area contributed by atoms with E-state index in [1.54, 1.807) is 10.8 Å². The predicted molar refractivity (Wildman–Crippen MR) is 50.1 cm³/mol. The topological polar surface area (TPSA) is 61.8 Å². The molecule has 70 valence electrons. The van der Waals surface area contributed by atoms with E-state index in [0.717, 1.165) is 10.9 Å².